The second-order valence-electron chi connectivity index (χ2n) is 5.97. The molecule has 0 unspecified atom stereocenters. The molecule has 0 fully saturated rings. The lowest BCUT2D eigenvalue weighted by Crippen LogP contribution is -2.37. The van der Waals surface area contributed by atoms with Crippen molar-refractivity contribution in [2.45, 2.75) is 13.8 Å². The number of aryl methyl sites for hydroxylation is 3. The molecule has 7 nitrogen and oxygen atoms in total. The van der Waals surface area contributed by atoms with Crippen LogP contribution in [0.3, 0.4) is 0 Å². The molecule has 0 atom stereocenters. The number of hydrogen-bond acceptors (Lipinski definition) is 4. The highest BCUT2D eigenvalue weighted by Gasteiger charge is 2.17. The Morgan fingerprint density at radius 2 is 1.76 bits per heavy atom. The normalized spacial score (nSPS) is 10.9. The van der Waals surface area contributed by atoms with Gasteiger partial charge >= 0.3 is 5.69 Å². The molecule has 128 valence electrons. The Morgan fingerprint density at radius 1 is 1.08 bits per heavy atom. The van der Waals surface area contributed by atoms with Crippen molar-refractivity contribution in [3.63, 3.8) is 0 Å². The third kappa shape index (κ3) is 2.73. The van der Waals surface area contributed by atoms with E-state index < -0.39 is 11.2 Å². The fourth-order valence-corrected chi connectivity index (χ4v) is 2.72. The topological polar surface area (TPSA) is 86.0 Å². The number of carbonyl (C=O) groups excluding carboxylic acids is 1. The Balaban J connectivity index is 2.16. The van der Waals surface area contributed by atoms with Crippen LogP contribution in [0.15, 0.2) is 39.9 Å². The number of pyridine rings is 1. The van der Waals surface area contributed by atoms with Gasteiger partial charge in [0.2, 0.25) is 0 Å². The zero-order valence-corrected chi connectivity index (χ0v) is 14.5. The van der Waals surface area contributed by atoms with Crippen LogP contribution in [0.5, 0.6) is 0 Å². The van der Waals surface area contributed by atoms with Crippen molar-refractivity contribution in [2.75, 3.05) is 5.32 Å². The Kier molecular flexibility index (Phi) is 4.00. The quantitative estimate of drug-likeness (QED) is 0.767. The number of benzene rings is 1. The summed E-state index contributed by atoms with van der Waals surface area (Å²) in [5.74, 6) is -0.350. The number of anilines is 1. The summed E-state index contributed by atoms with van der Waals surface area (Å²) in [4.78, 5) is 41.4. The van der Waals surface area contributed by atoms with Gasteiger partial charge < -0.3 is 5.32 Å². The summed E-state index contributed by atoms with van der Waals surface area (Å²) in [5, 5.41) is 3.06. The van der Waals surface area contributed by atoms with Crippen molar-refractivity contribution in [1.82, 2.24) is 14.1 Å². The van der Waals surface area contributed by atoms with Gasteiger partial charge in [0.15, 0.2) is 0 Å². The van der Waals surface area contributed by atoms with Gasteiger partial charge in [0.25, 0.3) is 11.5 Å². The molecular formula is C18H18N4O3. The Morgan fingerprint density at radius 3 is 2.44 bits per heavy atom. The fourth-order valence-electron chi connectivity index (χ4n) is 2.72. The van der Waals surface area contributed by atoms with Crippen LogP contribution in [-0.2, 0) is 14.1 Å². The molecule has 2 aromatic heterocycles. The maximum absolute atomic E-state index is 12.7. The molecular weight excluding hydrogens is 320 g/mol. The second-order valence-corrected chi connectivity index (χ2v) is 5.97. The van der Waals surface area contributed by atoms with Crippen molar-refractivity contribution >= 4 is 22.6 Å². The summed E-state index contributed by atoms with van der Waals surface area (Å²) >= 11 is 0. The molecule has 0 aliphatic rings. The van der Waals surface area contributed by atoms with Crippen molar-refractivity contribution in [3.8, 4) is 0 Å². The molecule has 1 aromatic carbocycles. The van der Waals surface area contributed by atoms with E-state index in [2.05, 4.69) is 10.3 Å². The monoisotopic (exact) mass is 338 g/mol. The highest BCUT2D eigenvalue weighted by molar-refractivity contribution is 6.06. The number of carbonyl (C=O) groups is 1. The van der Waals surface area contributed by atoms with E-state index in [4.69, 9.17) is 0 Å². The number of nitrogens with zero attached hydrogens (tertiary/aromatic N) is 3. The number of hydrogen-bond donors (Lipinski definition) is 1. The maximum Gasteiger partial charge on any atom is 0.332 e. The largest absolute Gasteiger partial charge is 0.332 e. The fraction of sp³-hybridized carbons (Fsp3) is 0.222. The van der Waals surface area contributed by atoms with Gasteiger partial charge in [-0.25, -0.2) is 9.78 Å². The molecule has 0 aliphatic carbocycles. The van der Waals surface area contributed by atoms with E-state index in [1.165, 1.54) is 17.7 Å². The molecule has 1 amide bonds. The molecule has 0 saturated carbocycles. The molecule has 0 spiro atoms. The average molecular weight is 338 g/mol. The zero-order valence-electron chi connectivity index (χ0n) is 14.5. The van der Waals surface area contributed by atoms with Gasteiger partial charge in [0, 0.05) is 19.8 Å². The Labute approximate surface area is 143 Å². The van der Waals surface area contributed by atoms with E-state index in [0.29, 0.717) is 16.9 Å². The van der Waals surface area contributed by atoms with Crippen molar-refractivity contribution < 1.29 is 4.79 Å². The van der Waals surface area contributed by atoms with Crippen LogP contribution < -0.4 is 16.6 Å². The van der Waals surface area contributed by atoms with Crippen LogP contribution in [0, 0.1) is 13.8 Å². The van der Waals surface area contributed by atoms with Crippen LogP contribution in [0.4, 0.5) is 5.69 Å². The Hall–Kier alpha value is -3.22. The lowest BCUT2D eigenvalue weighted by atomic mass is 10.1. The first-order chi connectivity index (χ1) is 11.8. The molecule has 2 heterocycles. The first-order valence-corrected chi connectivity index (χ1v) is 7.75. The van der Waals surface area contributed by atoms with Gasteiger partial charge in [0.1, 0.15) is 5.65 Å². The van der Waals surface area contributed by atoms with E-state index in [9.17, 15) is 14.4 Å². The second kappa shape index (κ2) is 6.01. The van der Waals surface area contributed by atoms with Gasteiger partial charge in [-0.05, 0) is 31.5 Å². The summed E-state index contributed by atoms with van der Waals surface area (Å²) in [6, 6.07) is 8.91. The summed E-state index contributed by atoms with van der Waals surface area (Å²) in [5.41, 5.74) is 1.70. The van der Waals surface area contributed by atoms with Gasteiger partial charge in [-0.3, -0.25) is 18.7 Å². The molecule has 0 aliphatic heterocycles. The Bertz CT molecular complexity index is 1130. The summed E-state index contributed by atoms with van der Waals surface area (Å²) < 4.78 is 2.30. The summed E-state index contributed by atoms with van der Waals surface area (Å²) in [6.45, 7) is 3.57. The zero-order chi connectivity index (χ0) is 18.3. The predicted molar refractivity (Wildman–Crippen MR) is 96.1 cm³/mol. The first kappa shape index (κ1) is 16.6. The van der Waals surface area contributed by atoms with E-state index in [1.807, 2.05) is 25.1 Å². The number of fused-ring (bicyclic) bond motifs is 1. The van der Waals surface area contributed by atoms with Crippen LogP contribution in [0.1, 0.15) is 21.6 Å². The van der Waals surface area contributed by atoms with Gasteiger partial charge in [-0.1, -0.05) is 18.2 Å². The number of amides is 1. The average Bonchev–Trinajstić information content (AvgIpc) is 2.59. The van der Waals surface area contributed by atoms with Crippen LogP contribution in [-0.4, -0.2) is 20.0 Å². The number of para-hydroxylation sites is 1. The lowest BCUT2D eigenvalue weighted by Gasteiger charge is -2.12. The minimum absolute atomic E-state index is 0.227. The van der Waals surface area contributed by atoms with E-state index in [1.54, 1.807) is 20.0 Å². The molecule has 3 rings (SSSR count). The van der Waals surface area contributed by atoms with Crippen molar-refractivity contribution in [1.29, 1.82) is 0 Å². The van der Waals surface area contributed by atoms with Gasteiger partial charge in [-0.15, -0.1) is 0 Å². The minimum atomic E-state index is -0.476. The molecule has 3 aromatic rings. The minimum Gasteiger partial charge on any atom is -0.322 e. The lowest BCUT2D eigenvalue weighted by molar-refractivity contribution is 0.102. The van der Waals surface area contributed by atoms with Crippen molar-refractivity contribution in [2.24, 2.45) is 14.1 Å². The number of aromatic nitrogens is 3. The van der Waals surface area contributed by atoms with E-state index in [-0.39, 0.29) is 16.9 Å². The molecule has 25 heavy (non-hydrogen) atoms. The SMILES string of the molecule is Cc1ccccc1NC(=O)c1cc2c(=O)n(C)c(=O)n(C)c2nc1C. The third-order valence-corrected chi connectivity index (χ3v) is 4.26. The summed E-state index contributed by atoms with van der Waals surface area (Å²) in [7, 11) is 2.95. The number of rotatable bonds is 2. The molecule has 1 N–H and O–H groups in total. The van der Waals surface area contributed by atoms with Crippen molar-refractivity contribution in [3.05, 3.63) is 68.0 Å². The molecule has 7 heteroatoms. The number of nitrogens with one attached hydrogen (secondary N) is 1. The highest BCUT2D eigenvalue weighted by Crippen LogP contribution is 2.17. The first-order valence-electron chi connectivity index (χ1n) is 7.75. The molecule has 0 radical (unpaired) electrons. The maximum atomic E-state index is 12.7. The van der Waals surface area contributed by atoms with Gasteiger partial charge in [-0.2, -0.15) is 0 Å². The highest BCUT2D eigenvalue weighted by atomic mass is 16.2. The molecule has 0 saturated heterocycles. The van der Waals surface area contributed by atoms with E-state index in [0.717, 1.165) is 10.1 Å². The smallest absolute Gasteiger partial charge is 0.322 e. The van der Waals surface area contributed by atoms with Crippen LogP contribution >= 0.6 is 0 Å². The summed E-state index contributed by atoms with van der Waals surface area (Å²) in [6.07, 6.45) is 0. The van der Waals surface area contributed by atoms with Gasteiger partial charge in [0.05, 0.1) is 16.6 Å². The molecule has 0 bridgehead atoms. The third-order valence-electron chi connectivity index (χ3n) is 4.26. The van der Waals surface area contributed by atoms with E-state index >= 15 is 0 Å². The van der Waals surface area contributed by atoms with Crippen LogP contribution in [0.25, 0.3) is 11.0 Å². The predicted octanol–water partition coefficient (Wildman–Crippen LogP) is 1.50. The standard InChI is InChI=1S/C18H18N4O3/c1-10-7-5-6-8-14(10)20-16(23)12-9-13-15(19-11(12)2)21(3)18(25)22(4)17(13)24/h5-9H,1-4H3,(H,20,23). The van der Waals surface area contributed by atoms with Crippen LogP contribution in [0.2, 0.25) is 0 Å².